The third kappa shape index (κ3) is 2.96. The van der Waals surface area contributed by atoms with E-state index in [0.29, 0.717) is 6.61 Å². The molecule has 0 aromatic rings. The third-order valence-electron chi connectivity index (χ3n) is 3.67. The first kappa shape index (κ1) is 12.5. The third-order valence-corrected chi connectivity index (χ3v) is 3.67. The molecule has 2 nitrogen and oxygen atoms in total. The highest BCUT2D eigenvalue weighted by molar-refractivity contribution is 5.76. The van der Waals surface area contributed by atoms with E-state index in [4.69, 9.17) is 4.74 Å². The van der Waals surface area contributed by atoms with E-state index < -0.39 is 0 Å². The number of rotatable bonds is 4. The largest absolute Gasteiger partial charge is 0.466 e. The van der Waals surface area contributed by atoms with Crippen molar-refractivity contribution in [1.82, 2.24) is 0 Å². The van der Waals surface area contributed by atoms with Gasteiger partial charge in [0.1, 0.15) is 0 Å². The molecule has 0 spiro atoms. The van der Waals surface area contributed by atoms with E-state index in [0.717, 1.165) is 31.6 Å². The van der Waals surface area contributed by atoms with E-state index >= 15 is 0 Å². The quantitative estimate of drug-likeness (QED) is 0.666. The lowest BCUT2D eigenvalue weighted by molar-refractivity contribution is -0.158. The molecule has 0 heterocycles. The highest BCUT2D eigenvalue weighted by atomic mass is 16.5. The molecule has 0 aromatic carbocycles. The molecule has 0 bridgehead atoms. The summed E-state index contributed by atoms with van der Waals surface area (Å²) < 4.78 is 5.23. The zero-order valence-electron chi connectivity index (χ0n) is 10.3. The van der Waals surface area contributed by atoms with Crippen molar-refractivity contribution in [3.63, 3.8) is 0 Å². The molecule has 0 N–H and O–H groups in total. The second kappa shape index (κ2) is 5.53. The Hall–Kier alpha value is -0.530. The standard InChI is InChI=1S/C13H24O2/c1-4-8-13(12(14)15-5-2)9-6-11(3)7-10-13/h11H,4-10H2,1-3H3. The molecule has 15 heavy (non-hydrogen) atoms. The van der Waals surface area contributed by atoms with E-state index in [1.54, 1.807) is 0 Å². The molecule has 0 aromatic heterocycles. The number of hydrogen-bond acceptors (Lipinski definition) is 2. The number of esters is 1. The monoisotopic (exact) mass is 212 g/mol. The predicted octanol–water partition coefficient (Wildman–Crippen LogP) is 3.55. The Morgan fingerprint density at radius 2 is 1.93 bits per heavy atom. The summed E-state index contributed by atoms with van der Waals surface area (Å²) in [6, 6.07) is 0. The van der Waals surface area contributed by atoms with Crippen LogP contribution in [-0.2, 0) is 9.53 Å². The van der Waals surface area contributed by atoms with Crippen LogP contribution < -0.4 is 0 Å². The first-order valence-corrected chi connectivity index (χ1v) is 6.32. The molecule has 1 fully saturated rings. The van der Waals surface area contributed by atoms with E-state index in [1.807, 2.05) is 6.92 Å². The van der Waals surface area contributed by atoms with Crippen LogP contribution in [0.4, 0.5) is 0 Å². The molecule has 1 rings (SSSR count). The Balaban J connectivity index is 2.65. The van der Waals surface area contributed by atoms with Gasteiger partial charge in [-0.2, -0.15) is 0 Å². The smallest absolute Gasteiger partial charge is 0.312 e. The average molecular weight is 212 g/mol. The highest BCUT2D eigenvalue weighted by Gasteiger charge is 2.41. The predicted molar refractivity (Wildman–Crippen MR) is 61.6 cm³/mol. The van der Waals surface area contributed by atoms with Crippen LogP contribution in [0.25, 0.3) is 0 Å². The Kier molecular flexibility index (Phi) is 4.62. The van der Waals surface area contributed by atoms with Crippen LogP contribution in [0.3, 0.4) is 0 Å². The Bertz CT molecular complexity index is 203. The van der Waals surface area contributed by atoms with Gasteiger partial charge in [0.25, 0.3) is 0 Å². The van der Waals surface area contributed by atoms with Gasteiger partial charge in [-0.3, -0.25) is 4.79 Å². The van der Waals surface area contributed by atoms with Crippen LogP contribution in [-0.4, -0.2) is 12.6 Å². The molecule has 1 saturated carbocycles. The maximum atomic E-state index is 12.0. The minimum atomic E-state index is -0.142. The first-order valence-electron chi connectivity index (χ1n) is 6.32. The van der Waals surface area contributed by atoms with Gasteiger partial charge in [0.05, 0.1) is 12.0 Å². The van der Waals surface area contributed by atoms with Gasteiger partial charge in [-0.1, -0.05) is 20.3 Å². The lowest BCUT2D eigenvalue weighted by Gasteiger charge is -2.37. The molecule has 1 aliphatic rings. The van der Waals surface area contributed by atoms with Crippen molar-refractivity contribution in [2.24, 2.45) is 11.3 Å². The summed E-state index contributed by atoms with van der Waals surface area (Å²) in [5.41, 5.74) is -0.142. The minimum Gasteiger partial charge on any atom is -0.466 e. The highest BCUT2D eigenvalue weighted by Crippen LogP contribution is 2.43. The summed E-state index contributed by atoms with van der Waals surface area (Å²) in [7, 11) is 0. The number of hydrogen-bond donors (Lipinski definition) is 0. The molecule has 0 amide bonds. The molecule has 0 atom stereocenters. The summed E-state index contributed by atoms with van der Waals surface area (Å²) in [5.74, 6) is 0.836. The average Bonchev–Trinajstić information content (AvgIpc) is 2.22. The van der Waals surface area contributed by atoms with E-state index in [2.05, 4.69) is 13.8 Å². The second-order valence-corrected chi connectivity index (χ2v) is 4.93. The van der Waals surface area contributed by atoms with Crippen LogP contribution in [0, 0.1) is 11.3 Å². The van der Waals surface area contributed by atoms with Gasteiger partial charge in [-0.25, -0.2) is 0 Å². The van der Waals surface area contributed by atoms with Crippen LogP contribution in [0.15, 0.2) is 0 Å². The van der Waals surface area contributed by atoms with Gasteiger partial charge in [0, 0.05) is 0 Å². The van der Waals surface area contributed by atoms with Crippen LogP contribution in [0.2, 0.25) is 0 Å². The van der Waals surface area contributed by atoms with Crippen molar-refractivity contribution in [3.8, 4) is 0 Å². The molecular formula is C13H24O2. The molecule has 1 aliphatic carbocycles. The zero-order chi connectivity index (χ0) is 11.3. The summed E-state index contributed by atoms with van der Waals surface area (Å²) in [5, 5.41) is 0. The molecule has 0 unspecified atom stereocenters. The van der Waals surface area contributed by atoms with Crippen molar-refractivity contribution in [3.05, 3.63) is 0 Å². The Labute approximate surface area is 93.4 Å². The summed E-state index contributed by atoms with van der Waals surface area (Å²) in [6.45, 7) is 6.84. The van der Waals surface area contributed by atoms with E-state index in [1.165, 1.54) is 12.8 Å². The van der Waals surface area contributed by atoms with Gasteiger partial charge in [0.2, 0.25) is 0 Å². The molecule has 0 radical (unpaired) electrons. The maximum absolute atomic E-state index is 12.0. The van der Waals surface area contributed by atoms with Gasteiger partial charge in [-0.15, -0.1) is 0 Å². The van der Waals surface area contributed by atoms with Crippen LogP contribution in [0.1, 0.15) is 59.3 Å². The van der Waals surface area contributed by atoms with E-state index in [-0.39, 0.29) is 11.4 Å². The fourth-order valence-corrected chi connectivity index (χ4v) is 2.63. The van der Waals surface area contributed by atoms with Crippen molar-refractivity contribution in [2.45, 2.75) is 59.3 Å². The summed E-state index contributed by atoms with van der Waals surface area (Å²) in [6.07, 6.45) is 6.49. The maximum Gasteiger partial charge on any atom is 0.312 e. The Morgan fingerprint density at radius 1 is 1.33 bits per heavy atom. The summed E-state index contributed by atoms with van der Waals surface area (Å²) in [4.78, 5) is 12.0. The molecule has 2 heteroatoms. The fourth-order valence-electron chi connectivity index (χ4n) is 2.63. The number of ether oxygens (including phenoxy) is 1. The molecule has 88 valence electrons. The number of carbonyl (C=O) groups is 1. The lowest BCUT2D eigenvalue weighted by atomic mass is 9.68. The van der Waals surface area contributed by atoms with Crippen molar-refractivity contribution in [1.29, 1.82) is 0 Å². The zero-order valence-corrected chi connectivity index (χ0v) is 10.3. The van der Waals surface area contributed by atoms with Gasteiger partial charge in [-0.05, 0) is 44.9 Å². The minimum absolute atomic E-state index is 0.0544. The topological polar surface area (TPSA) is 26.3 Å². The van der Waals surface area contributed by atoms with Crippen molar-refractivity contribution in [2.75, 3.05) is 6.61 Å². The summed E-state index contributed by atoms with van der Waals surface area (Å²) >= 11 is 0. The van der Waals surface area contributed by atoms with Crippen molar-refractivity contribution < 1.29 is 9.53 Å². The lowest BCUT2D eigenvalue weighted by Crippen LogP contribution is -2.36. The second-order valence-electron chi connectivity index (χ2n) is 4.93. The molecular weight excluding hydrogens is 188 g/mol. The molecule has 0 saturated heterocycles. The molecule has 0 aliphatic heterocycles. The van der Waals surface area contributed by atoms with Gasteiger partial charge < -0.3 is 4.74 Å². The van der Waals surface area contributed by atoms with Crippen molar-refractivity contribution >= 4 is 5.97 Å². The van der Waals surface area contributed by atoms with Crippen LogP contribution >= 0.6 is 0 Å². The SMILES string of the molecule is CCCC1(C(=O)OCC)CCC(C)CC1. The Morgan fingerprint density at radius 3 is 2.40 bits per heavy atom. The first-order chi connectivity index (χ1) is 7.14. The fraction of sp³-hybridized carbons (Fsp3) is 0.923. The van der Waals surface area contributed by atoms with Gasteiger partial charge in [0.15, 0.2) is 0 Å². The normalized spacial score (nSPS) is 31.3. The number of carbonyl (C=O) groups excluding carboxylic acids is 1. The van der Waals surface area contributed by atoms with E-state index in [9.17, 15) is 4.79 Å². The van der Waals surface area contributed by atoms with Crippen LogP contribution in [0.5, 0.6) is 0 Å². The van der Waals surface area contributed by atoms with Gasteiger partial charge >= 0.3 is 5.97 Å².